The van der Waals surface area contributed by atoms with Crippen LogP contribution in [-0.4, -0.2) is 10.9 Å². The molecule has 0 atom stereocenters. The van der Waals surface area contributed by atoms with E-state index < -0.39 is 0 Å². The molecule has 0 bridgehead atoms. The maximum Gasteiger partial charge on any atom is 0.248 e. The van der Waals surface area contributed by atoms with Crippen molar-refractivity contribution in [2.24, 2.45) is 0 Å². The van der Waals surface area contributed by atoms with Crippen molar-refractivity contribution in [3.63, 3.8) is 0 Å². The molecule has 0 fully saturated rings. The lowest BCUT2D eigenvalue weighted by atomic mass is 10.2. The molecule has 24 heavy (non-hydrogen) atoms. The molecule has 3 nitrogen and oxygen atoms in total. The van der Waals surface area contributed by atoms with Crippen LogP contribution in [0.25, 0.3) is 6.08 Å². The Morgan fingerprint density at radius 1 is 1.12 bits per heavy atom. The average Bonchev–Trinajstić information content (AvgIpc) is 3.13. The van der Waals surface area contributed by atoms with Crippen molar-refractivity contribution in [2.75, 3.05) is 5.32 Å². The van der Waals surface area contributed by atoms with Gasteiger partial charge in [-0.15, -0.1) is 0 Å². The van der Waals surface area contributed by atoms with Crippen molar-refractivity contribution in [3.8, 4) is 11.8 Å². The molecule has 0 aliphatic heterocycles. The van der Waals surface area contributed by atoms with Gasteiger partial charge in [-0.1, -0.05) is 18.1 Å². The third-order valence-electron chi connectivity index (χ3n) is 3.10. The van der Waals surface area contributed by atoms with Crippen molar-refractivity contribution in [1.29, 1.82) is 0 Å². The predicted molar refractivity (Wildman–Crippen MR) is 98.6 cm³/mol. The Morgan fingerprint density at radius 2 is 2.08 bits per heavy atom. The Morgan fingerprint density at radius 3 is 2.88 bits per heavy atom. The number of hydrogen-bond acceptors (Lipinski definition) is 3. The minimum absolute atomic E-state index is 0.170. The predicted octanol–water partition coefficient (Wildman–Crippen LogP) is 4.19. The minimum atomic E-state index is -0.170. The minimum Gasteiger partial charge on any atom is -0.322 e. The third-order valence-corrected chi connectivity index (χ3v) is 3.80. The molecule has 3 rings (SSSR count). The van der Waals surface area contributed by atoms with E-state index in [1.165, 1.54) is 6.08 Å². The number of nitrogens with one attached hydrogen (secondary N) is 1. The molecule has 0 saturated heterocycles. The van der Waals surface area contributed by atoms with Crippen LogP contribution in [-0.2, 0) is 4.79 Å². The van der Waals surface area contributed by atoms with Gasteiger partial charge >= 0.3 is 0 Å². The number of rotatable bonds is 3. The Balaban J connectivity index is 1.67. The number of carbonyl (C=O) groups excluding carboxylic acids is 1. The number of anilines is 1. The van der Waals surface area contributed by atoms with Crippen molar-refractivity contribution >= 4 is 29.0 Å². The van der Waals surface area contributed by atoms with Crippen LogP contribution in [0.15, 0.2) is 71.6 Å². The van der Waals surface area contributed by atoms with Crippen LogP contribution in [0.5, 0.6) is 0 Å². The summed E-state index contributed by atoms with van der Waals surface area (Å²) in [5, 5.41) is 6.79. The van der Waals surface area contributed by atoms with Crippen LogP contribution in [0.3, 0.4) is 0 Å². The van der Waals surface area contributed by atoms with E-state index in [0.717, 1.165) is 11.1 Å². The zero-order chi connectivity index (χ0) is 16.6. The smallest absolute Gasteiger partial charge is 0.248 e. The quantitative estimate of drug-likeness (QED) is 0.578. The summed E-state index contributed by atoms with van der Waals surface area (Å²) in [5.74, 6) is 5.88. The van der Waals surface area contributed by atoms with Crippen LogP contribution < -0.4 is 5.32 Å². The van der Waals surface area contributed by atoms with Crippen molar-refractivity contribution < 1.29 is 4.79 Å². The zero-order valence-corrected chi connectivity index (χ0v) is 13.6. The summed E-state index contributed by atoms with van der Waals surface area (Å²) in [4.78, 5) is 16.1. The van der Waals surface area contributed by atoms with Gasteiger partial charge < -0.3 is 5.32 Å². The zero-order valence-electron chi connectivity index (χ0n) is 12.8. The summed E-state index contributed by atoms with van der Waals surface area (Å²) in [5.41, 5.74) is 3.26. The molecule has 4 heteroatoms. The fraction of sp³-hybridized carbons (Fsp3) is 0. The third kappa shape index (κ3) is 4.67. The van der Waals surface area contributed by atoms with Gasteiger partial charge in [0, 0.05) is 23.5 Å². The second-order valence-electron chi connectivity index (χ2n) is 4.93. The van der Waals surface area contributed by atoms with E-state index in [-0.39, 0.29) is 5.91 Å². The normalized spacial score (nSPS) is 10.2. The number of pyridine rings is 1. The number of benzene rings is 1. The van der Waals surface area contributed by atoms with E-state index in [9.17, 15) is 4.79 Å². The number of carbonyl (C=O) groups is 1. The fourth-order valence-corrected chi connectivity index (χ4v) is 2.60. The average molecular weight is 330 g/mol. The monoisotopic (exact) mass is 330 g/mol. The van der Waals surface area contributed by atoms with E-state index in [0.29, 0.717) is 11.4 Å². The van der Waals surface area contributed by atoms with Gasteiger partial charge in [0.15, 0.2) is 0 Å². The van der Waals surface area contributed by atoms with Gasteiger partial charge in [0.1, 0.15) is 5.69 Å². The molecule has 1 N–H and O–H groups in total. The first-order valence-corrected chi connectivity index (χ1v) is 8.28. The highest BCUT2D eigenvalue weighted by Gasteiger charge is 1.99. The summed E-state index contributed by atoms with van der Waals surface area (Å²) < 4.78 is 0. The van der Waals surface area contributed by atoms with E-state index in [1.807, 2.05) is 59.3 Å². The lowest BCUT2D eigenvalue weighted by Crippen LogP contribution is -2.07. The van der Waals surface area contributed by atoms with Crippen molar-refractivity contribution in [3.05, 3.63) is 88.4 Å². The van der Waals surface area contributed by atoms with Gasteiger partial charge in [-0.05, 0) is 64.7 Å². The molecular weight excluding hydrogens is 316 g/mol. The van der Waals surface area contributed by atoms with Crippen molar-refractivity contribution in [1.82, 2.24) is 4.98 Å². The topological polar surface area (TPSA) is 42.0 Å². The largest absolute Gasteiger partial charge is 0.322 e. The summed E-state index contributed by atoms with van der Waals surface area (Å²) in [6.45, 7) is 0. The van der Waals surface area contributed by atoms with Gasteiger partial charge in [-0.25, -0.2) is 4.98 Å². The summed E-state index contributed by atoms with van der Waals surface area (Å²) in [6.07, 6.45) is 5.02. The summed E-state index contributed by atoms with van der Waals surface area (Å²) in [7, 11) is 0. The standard InChI is InChI=1S/C20H14N2OS/c23-20(10-8-17-11-13-24-15-17)22-19-6-3-4-16(14-19)7-9-18-5-1-2-12-21-18/h1-6,8,10-15H,(H,22,23). The maximum absolute atomic E-state index is 12.0. The molecule has 0 aliphatic rings. The van der Waals surface area contributed by atoms with Crippen LogP contribution in [0.2, 0.25) is 0 Å². The maximum atomic E-state index is 12.0. The molecule has 0 spiro atoms. The van der Waals surface area contributed by atoms with E-state index >= 15 is 0 Å². The molecule has 1 aromatic carbocycles. The SMILES string of the molecule is O=C(C=Cc1ccsc1)Nc1cccc(C#Cc2ccccn2)c1. The molecule has 0 radical (unpaired) electrons. The molecule has 0 unspecified atom stereocenters. The van der Waals surface area contributed by atoms with Gasteiger partial charge in [-0.3, -0.25) is 4.79 Å². The molecule has 0 aliphatic carbocycles. The Labute approximate surface area is 144 Å². The van der Waals surface area contributed by atoms with Crippen LogP contribution >= 0.6 is 11.3 Å². The fourth-order valence-electron chi connectivity index (χ4n) is 1.97. The van der Waals surface area contributed by atoms with Crippen molar-refractivity contribution in [2.45, 2.75) is 0 Å². The van der Waals surface area contributed by atoms with Crippen LogP contribution in [0.4, 0.5) is 5.69 Å². The molecule has 116 valence electrons. The summed E-state index contributed by atoms with van der Waals surface area (Å²) in [6, 6.07) is 15.0. The van der Waals surface area contributed by atoms with E-state index in [1.54, 1.807) is 23.6 Å². The highest BCUT2D eigenvalue weighted by molar-refractivity contribution is 7.08. The molecular formula is C20H14N2OS. The second-order valence-corrected chi connectivity index (χ2v) is 5.71. The number of thiophene rings is 1. The van der Waals surface area contributed by atoms with Gasteiger partial charge in [0.2, 0.25) is 5.91 Å². The first-order chi connectivity index (χ1) is 11.8. The Bertz CT molecular complexity index is 904. The highest BCUT2D eigenvalue weighted by atomic mass is 32.1. The highest BCUT2D eigenvalue weighted by Crippen LogP contribution is 2.11. The Kier molecular flexibility index (Phi) is 5.18. The first-order valence-electron chi connectivity index (χ1n) is 7.34. The number of nitrogens with zero attached hydrogens (tertiary/aromatic N) is 1. The van der Waals surface area contributed by atoms with E-state index in [4.69, 9.17) is 0 Å². The second kappa shape index (κ2) is 7.91. The van der Waals surface area contributed by atoms with Gasteiger partial charge in [0.05, 0.1) is 0 Å². The van der Waals surface area contributed by atoms with Crippen LogP contribution in [0.1, 0.15) is 16.8 Å². The lowest BCUT2D eigenvalue weighted by molar-refractivity contribution is -0.111. The number of hydrogen-bond donors (Lipinski definition) is 1. The Hall–Kier alpha value is -3.16. The molecule has 0 saturated carbocycles. The molecule has 3 aromatic rings. The number of amides is 1. The molecule has 1 amide bonds. The van der Waals surface area contributed by atoms with E-state index in [2.05, 4.69) is 22.1 Å². The molecule has 2 heterocycles. The van der Waals surface area contributed by atoms with Gasteiger partial charge in [0.25, 0.3) is 0 Å². The lowest BCUT2D eigenvalue weighted by Gasteiger charge is -2.02. The summed E-state index contributed by atoms with van der Waals surface area (Å²) >= 11 is 1.60. The van der Waals surface area contributed by atoms with Gasteiger partial charge in [-0.2, -0.15) is 11.3 Å². The number of aromatic nitrogens is 1. The first kappa shape index (κ1) is 15.7. The molecule has 2 aromatic heterocycles. The van der Waals surface area contributed by atoms with Crippen LogP contribution in [0, 0.1) is 11.8 Å².